The van der Waals surface area contributed by atoms with Crippen LogP contribution in [0, 0.1) is 0 Å². The Labute approximate surface area is 117 Å². The lowest BCUT2D eigenvalue weighted by Gasteiger charge is -2.26. The van der Waals surface area contributed by atoms with E-state index in [0.717, 1.165) is 0 Å². The Kier molecular flexibility index (Phi) is 4.56. The van der Waals surface area contributed by atoms with Crippen molar-refractivity contribution >= 4 is 11.9 Å². The fourth-order valence-electron chi connectivity index (χ4n) is 2.00. The van der Waals surface area contributed by atoms with Gasteiger partial charge in [-0.05, 0) is 13.8 Å². The quantitative estimate of drug-likeness (QED) is 0.683. The number of hydrogen-bond donors (Lipinski definition) is 3. The first-order valence-corrected chi connectivity index (χ1v) is 6.69. The number of nitrogens with one attached hydrogen (secondary N) is 2. The summed E-state index contributed by atoms with van der Waals surface area (Å²) in [5.41, 5.74) is -0.905. The van der Waals surface area contributed by atoms with Crippen LogP contribution >= 0.6 is 0 Å². The number of aromatic nitrogens is 3. The molecule has 1 fully saturated rings. The van der Waals surface area contributed by atoms with Crippen molar-refractivity contribution in [2.75, 3.05) is 37.4 Å². The SMILES string of the molecule is CCNc1nc(NCC2(O)CCOC2C)nc(OC)n1. The zero-order chi connectivity index (χ0) is 14.6. The summed E-state index contributed by atoms with van der Waals surface area (Å²) >= 11 is 0. The standard InChI is InChI=1S/C12H21N5O3/c1-4-13-9-15-10(17-11(16-9)19-3)14-7-12(18)5-6-20-8(12)2/h8,18H,4-7H2,1-3H3,(H2,13,14,15,16,17). The molecular formula is C12H21N5O3. The van der Waals surface area contributed by atoms with Crippen LogP contribution in [0.5, 0.6) is 6.01 Å². The first-order valence-electron chi connectivity index (χ1n) is 6.69. The minimum absolute atomic E-state index is 0.216. The van der Waals surface area contributed by atoms with Gasteiger partial charge in [-0.15, -0.1) is 0 Å². The van der Waals surface area contributed by atoms with Gasteiger partial charge in [0.15, 0.2) is 0 Å². The fourth-order valence-corrected chi connectivity index (χ4v) is 2.00. The molecule has 0 aromatic carbocycles. The maximum atomic E-state index is 10.4. The number of methoxy groups -OCH3 is 1. The lowest BCUT2D eigenvalue weighted by atomic mass is 9.97. The topological polar surface area (TPSA) is 101 Å². The summed E-state index contributed by atoms with van der Waals surface area (Å²) in [5, 5.41) is 16.4. The Morgan fingerprint density at radius 1 is 1.35 bits per heavy atom. The van der Waals surface area contributed by atoms with Crippen LogP contribution in [0.1, 0.15) is 20.3 Å². The third-order valence-electron chi connectivity index (χ3n) is 3.34. The lowest BCUT2D eigenvalue weighted by molar-refractivity contribution is -0.0177. The number of ether oxygens (including phenoxy) is 2. The normalized spacial score (nSPS) is 25.5. The highest BCUT2D eigenvalue weighted by atomic mass is 16.5. The molecule has 8 nitrogen and oxygen atoms in total. The van der Waals surface area contributed by atoms with Crippen molar-refractivity contribution in [3.63, 3.8) is 0 Å². The molecule has 0 aliphatic carbocycles. The predicted molar refractivity (Wildman–Crippen MR) is 74.0 cm³/mol. The van der Waals surface area contributed by atoms with Gasteiger partial charge >= 0.3 is 6.01 Å². The van der Waals surface area contributed by atoms with Gasteiger partial charge < -0.3 is 25.2 Å². The maximum Gasteiger partial charge on any atom is 0.322 e. The summed E-state index contributed by atoms with van der Waals surface area (Å²) in [6.07, 6.45) is 0.371. The molecule has 1 aliphatic rings. The van der Waals surface area contributed by atoms with Crippen molar-refractivity contribution in [2.24, 2.45) is 0 Å². The van der Waals surface area contributed by atoms with Gasteiger partial charge in [0.2, 0.25) is 11.9 Å². The van der Waals surface area contributed by atoms with E-state index < -0.39 is 5.60 Å². The second kappa shape index (κ2) is 6.19. The van der Waals surface area contributed by atoms with Gasteiger partial charge in [0.05, 0.1) is 13.2 Å². The molecule has 8 heteroatoms. The predicted octanol–water partition coefficient (Wildman–Crippen LogP) is 0.264. The van der Waals surface area contributed by atoms with Crippen LogP contribution in [0.2, 0.25) is 0 Å². The van der Waals surface area contributed by atoms with Gasteiger partial charge in [-0.2, -0.15) is 15.0 Å². The van der Waals surface area contributed by atoms with Crippen LogP contribution in [0.25, 0.3) is 0 Å². The highest BCUT2D eigenvalue weighted by Crippen LogP contribution is 2.25. The van der Waals surface area contributed by atoms with Gasteiger partial charge in [-0.25, -0.2) is 0 Å². The minimum Gasteiger partial charge on any atom is -0.467 e. The van der Waals surface area contributed by atoms with E-state index in [1.54, 1.807) is 0 Å². The number of rotatable bonds is 6. The largest absolute Gasteiger partial charge is 0.467 e. The average molecular weight is 283 g/mol. The Morgan fingerprint density at radius 3 is 2.60 bits per heavy atom. The number of hydrogen-bond acceptors (Lipinski definition) is 8. The molecule has 3 N–H and O–H groups in total. The maximum absolute atomic E-state index is 10.4. The second-order valence-electron chi connectivity index (χ2n) is 4.72. The van der Waals surface area contributed by atoms with Gasteiger partial charge in [-0.3, -0.25) is 0 Å². The van der Waals surface area contributed by atoms with Crippen molar-refractivity contribution < 1.29 is 14.6 Å². The Hall–Kier alpha value is -1.67. The van der Waals surface area contributed by atoms with Crippen LogP contribution in [0.4, 0.5) is 11.9 Å². The van der Waals surface area contributed by atoms with Crippen molar-refractivity contribution in [1.82, 2.24) is 15.0 Å². The summed E-state index contributed by atoms with van der Waals surface area (Å²) in [4.78, 5) is 12.4. The average Bonchev–Trinajstić information content (AvgIpc) is 2.77. The highest BCUT2D eigenvalue weighted by Gasteiger charge is 2.39. The Balaban J connectivity index is 2.06. The molecule has 1 aromatic heterocycles. The molecule has 0 radical (unpaired) electrons. The Bertz CT molecular complexity index is 459. The monoisotopic (exact) mass is 283 g/mol. The molecule has 0 saturated carbocycles. The molecule has 2 heterocycles. The summed E-state index contributed by atoms with van der Waals surface area (Å²) < 4.78 is 10.4. The minimum atomic E-state index is -0.905. The number of anilines is 2. The smallest absolute Gasteiger partial charge is 0.322 e. The van der Waals surface area contributed by atoms with Gasteiger partial charge in [0.25, 0.3) is 0 Å². The van der Waals surface area contributed by atoms with Crippen molar-refractivity contribution in [1.29, 1.82) is 0 Å². The van der Waals surface area contributed by atoms with E-state index in [1.165, 1.54) is 7.11 Å². The summed E-state index contributed by atoms with van der Waals surface area (Å²) in [6.45, 7) is 5.37. The molecule has 1 saturated heterocycles. The molecule has 0 bridgehead atoms. The molecule has 0 spiro atoms. The molecule has 1 aliphatic heterocycles. The van der Waals surface area contributed by atoms with Crippen molar-refractivity contribution in [2.45, 2.75) is 32.0 Å². The summed E-state index contributed by atoms with van der Waals surface area (Å²) in [7, 11) is 1.50. The first-order chi connectivity index (χ1) is 9.57. The van der Waals surface area contributed by atoms with Crippen molar-refractivity contribution in [3.05, 3.63) is 0 Å². The lowest BCUT2D eigenvalue weighted by Crippen LogP contribution is -2.43. The van der Waals surface area contributed by atoms with E-state index in [9.17, 15) is 5.11 Å². The van der Waals surface area contributed by atoms with E-state index in [1.807, 2.05) is 13.8 Å². The van der Waals surface area contributed by atoms with E-state index in [2.05, 4.69) is 25.6 Å². The van der Waals surface area contributed by atoms with E-state index in [-0.39, 0.29) is 12.1 Å². The third kappa shape index (κ3) is 3.26. The number of nitrogens with zero attached hydrogens (tertiary/aromatic N) is 3. The van der Waals surface area contributed by atoms with Crippen LogP contribution in [-0.2, 0) is 4.74 Å². The first kappa shape index (κ1) is 14.7. The summed E-state index contributed by atoms with van der Waals surface area (Å²) in [5.74, 6) is 0.796. The van der Waals surface area contributed by atoms with Crippen molar-refractivity contribution in [3.8, 4) is 6.01 Å². The third-order valence-corrected chi connectivity index (χ3v) is 3.34. The van der Waals surface area contributed by atoms with Crippen LogP contribution in [-0.4, -0.2) is 58.6 Å². The van der Waals surface area contributed by atoms with Crippen LogP contribution in [0.3, 0.4) is 0 Å². The Morgan fingerprint density at radius 2 is 2.05 bits per heavy atom. The summed E-state index contributed by atoms with van der Waals surface area (Å²) in [6, 6.07) is 0.223. The van der Waals surface area contributed by atoms with Gasteiger partial charge in [-0.1, -0.05) is 0 Å². The van der Waals surface area contributed by atoms with Gasteiger partial charge in [0.1, 0.15) is 5.60 Å². The second-order valence-corrected chi connectivity index (χ2v) is 4.72. The molecule has 2 rings (SSSR count). The molecule has 0 amide bonds. The molecule has 112 valence electrons. The molecule has 2 atom stereocenters. The molecule has 2 unspecified atom stereocenters. The van der Waals surface area contributed by atoms with Crippen LogP contribution < -0.4 is 15.4 Å². The van der Waals surface area contributed by atoms with Crippen LogP contribution in [0.15, 0.2) is 0 Å². The van der Waals surface area contributed by atoms with Gasteiger partial charge in [0, 0.05) is 26.1 Å². The van der Waals surface area contributed by atoms with E-state index >= 15 is 0 Å². The highest BCUT2D eigenvalue weighted by molar-refractivity contribution is 5.36. The van der Waals surface area contributed by atoms with E-state index in [4.69, 9.17) is 9.47 Å². The molecular weight excluding hydrogens is 262 g/mol. The zero-order valence-corrected chi connectivity index (χ0v) is 12.0. The number of aliphatic hydroxyl groups is 1. The fraction of sp³-hybridized carbons (Fsp3) is 0.750. The molecule has 1 aromatic rings. The molecule has 20 heavy (non-hydrogen) atoms. The van der Waals surface area contributed by atoms with E-state index in [0.29, 0.717) is 38.0 Å². The zero-order valence-electron chi connectivity index (χ0n) is 12.0.